The van der Waals surface area contributed by atoms with E-state index in [1.165, 1.54) is 17.4 Å². The molecule has 0 unspecified atom stereocenters. The van der Waals surface area contributed by atoms with E-state index in [1.807, 2.05) is 12.3 Å². The van der Waals surface area contributed by atoms with Crippen LogP contribution in [-0.2, 0) is 6.54 Å². The molecular weight excluding hydrogens is 247 g/mol. The number of aromatic nitrogens is 1. The number of rotatable bonds is 5. The Balaban J connectivity index is 2.04. The Labute approximate surface area is 111 Å². The largest absolute Gasteiger partial charge is 0.312 e. The summed E-state index contributed by atoms with van der Waals surface area (Å²) in [4.78, 5) is 5.42. The average Bonchev–Trinajstić information content (AvgIpc) is 2.78. The second kappa shape index (κ2) is 6.07. The van der Waals surface area contributed by atoms with Crippen LogP contribution >= 0.6 is 11.3 Å². The molecule has 0 spiro atoms. The summed E-state index contributed by atoms with van der Waals surface area (Å²) in [5.74, 6) is 0.414. The highest BCUT2D eigenvalue weighted by atomic mass is 32.1. The fraction of sp³-hybridized carbons (Fsp3) is 0.357. The molecule has 96 valence electrons. The first-order chi connectivity index (χ1) is 8.66. The predicted molar refractivity (Wildman–Crippen MR) is 74.1 cm³/mol. The number of hydrogen-bond donors (Lipinski definition) is 1. The Morgan fingerprint density at radius 1 is 1.33 bits per heavy atom. The van der Waals surface area contributed by atoms with E-state index >= 15 is 0 Å². The Hall–Kier alpha value is -1.26. The van der Waals surface area contributed by atoms with E-state index in [9.17, 15) is 4.39 Å². The van der Waals surface area contributed by atoms with Crippen molar-refractivity contribution < 1.29 is 4.39 Å². The molecule has 0 radical (unpaired) electrons. The highest BCUT2D eigenvalue weighted by Crippen LogP contribution is 2.27. The Morgan fingerprint density at radius 3 is 2.83 bits per heavy atom. The first kappa shape index (κ1) is 13.2. The second-order valence-electron chi connectivity index (χ2n) is 4.64. The molecule has 2 rings (SSSR count). The first-order valence-electron chi connectivity index (χ1n) is 6.07. The van der Waals surface area contributed by atoms with Gasteiger partial charge in [-0.25, -0.2) is 9.37 Å². The molecular formula is C14H17FN2S. The molecule has 1 heterocycles. The van der Waals surface area contributed by atoms with Crippen molar-refractivity contribution in [1.29, 1.82) is 0 Å². The van der Waals surface area contributed by atoms with Gasteiger partial charge in [0.2, 0.25) is 0 Å². The average molecular weight is 264 g/mol. The van der Waals surface area contributed by atoms with Crippen molar-refractivity contribution in [3.63, 3.8) is 0 Å². The molecule has 0 fully saturated rings. The van der Waals surface area contributed by atoms with Gasteiger partial charge in [0, 0.05) is 23.2 Å². The highest BCUT2D eigenvalue weighted by molar-refractivity contribution is 7.15. The van der Waals surface area contributed by atoms with Crippen molar-refractivity contribution >= 4 is 11.3 Å². The highest BCUT2D eigenvalue weighted by Gasteiger charge is 2.08. The van der Waals surface area contributed by atoms with E-state index < -0.39 is 0 Å². The lowest BCUT2D eigenvalue weighted by atomic mass is 10.2. The summed E-state index contributed by atoms with van der Waals surface area (Å²) >= 11 is 1.54. The van der Waals surface area contributed by atoms with E-state index in [0.29, 0.717) is 11.5 Å². The summed E-state index contributed by atoms with van der Waals surface area (Å²) in [5, 5.41) is 4.10. The third kappa shape index (κ3) is 3.37. The van der Waals surface area contributed by atoms with Crippen molar-refractivity contribution in [2.75, 3.05) is 6.54 Å². The summed E-state index contributed by atoms with van der Waals surface area (Å²) in [6.45, 7) is 6.12. The monoisotopic (exact) mass is 264 g/mol. The Morgan fingerprint density at radius 2 is 2.11 bits per heavy atom. The summed E-state index contributed by atoms with van der Waals surface area (Å²) in [6, 6.07) is 6.75. The van der Waals surface area contributed by atoms with Gasteiger partial charge < -0.3 is 5.32 Å². The van der Waals surface area contributed by atoms with Gasteiger partial charge in [-0.05, 0) is 24.6 Å². The van der Waals surface area contributed by atoms with Crippen LogP contribution in [0.5, 0.6) is 0 Å². The summed E-state index contributed by atoms with van der Waals surface area (Å²) < 4.78 is 13.6. The molecule has 0 bridgehead atoms. The summed E-state index contributed by atoms with van der Waals surface area (Å²) in [7, 11) is 0. The second-order valence-corrected chi connectivity index (χ2v) is 5.75. The molecule has 0 aliphatic carbocycles. The lowest BCUT2D eigenvalue weighted by Gasteiger charge is -2.04. The maximum Gasteiger partial charge on any atom is 0.133 e. The molecule has 2 nitrogen and oxygen atoms in total. The summed E-state index contributed by atoms with van der Waals surface area (Å²) in [6.07, 6.45) is 1.82. The standard InChI is InChI=1S/C14H17FN2S/c1-10(2)7-16-8-11-9-17-14(18-11)12-5-3-4-6-13(12)15/h3-6,9-10,16H,7-8H2,1-2H3. The van der Waals surface area contributed by atoms with Gasteiger partial charge in [0.05, 0.1) is 0 Å². The number of thiazole rings is 1. The van der Waals surface area contributed by atoms with Gasteiger partial charge in [0.25, 0.3) is 0 Å². The van der Waals surface area contributed by atoms with Gasteiger partial charge in [-0.2, -0.15) is 0 Å². The fourth-order valence-electron chi connectivity index (χ4n) is 1.63. The number of nitrogens with one attached hydrogen (secondary N) is 1. The van der Waals surface area contributed by atoms with Crippen molar-refractivity contribution in [3.8, 4) is 10.6 Å². The van der Waals surface area contributed by atoms with Crippen molar-refractivity contribution in [2.45, 2.75) is 20.4 Å². The minimum absolute atomic E-state index is 0.214. The molecule has 2 aromatic rings. The first-order valence-corrected chi connectivity index (χ1v) is 6.89. The van der Waals surface area contributed by atoms with Crippen LogP contribution in [-0.4, -0.2) is 11.5 Å². The smallest absolute Gasteiger partial charge is 0.133 e. The van der Waals surface area contributed by atoms with Crippen molar-refractivity contribution in [1.82, 2.24) is 10.3 Å². The van der Waals surface area contributed by atoms with E-state index in [0.717, 1.165) is 23.0 Å². The van der Waals surface area contributed by atoms with Crippen LogP contribution in [0.15, 0.2) is 30.5 Å². The van der Waals surface area contributed by atoms with Crippen LogP contribution in [0.25, 0.3) is 10.6 Å². The zero-order valence-corrected chi connectivity index (χ0v) is 11.4. The van der Waals surface area contributed by atoms with Crippen molar-refractivity contribution in [3.05, 3.63) is 41.2 Å². The molecule has 1 aromatic heterocycles. The summed E-state index contributed by atoms with van der Waals surface area (Å²) in [5.41, 5.74) is 0.581. The van der Waals surface area contributed by atoms with Crippen LogP contribution in [0.2, 0.25) is 0 Å². The molecule has 1 aromatic carbocycles. The molecule has 0 amide bonds. The maximum absolute atomic E-state index is 13.6. The molecule has 18 heavy (non-hydrogen) atoms. The Kier molecular flexibility index (Phi) is 4.44. The van der Waals surface area contributed by atoms with E-state index in [-0.39, 0.29) is 5.82 Å². The minimum Gasteiger partial charge on any atom is -0.312 e. The van der Waals surface area contributed by atoms with Crippen LogP contribution in [0, 0.1) is 11.7 Å². The Bertz CT molecular complexity index is 508. The molecule has 4 heteroatoms. The molecule has 0 saturated heterocycles. The SMILES string of the molecule is CC(C)CNCc1cnc(-c2ccccc2F)s1. The third-order valence-corrected chi connectivity index (χ3v) is 3.54. The molecule has 0 aliphatic heterocycles. The van der Waals surface area contributed by atoms with E-state index in [4.69, 9.17) is 0 Å². The topological polar surface area (TPSA) is 24.9 Å². The predicted octanol–water partition coefficient (Wildman–Crippen LogP) is 3.69. The van der Waals surface area contributed by atoms with Gasteiger partial charge in [-0.1, -0.05) is 26.0 Å². The van der Waals surface area contributed by atoms with E-state index in [2.05, 4.69) is 24.1 Å². The fourth-order valence-corrected chi connectivity index (χ4v) is 2.54. The quantitative estimate of drug-likeness (QED) is 0.890. The van der Waals surface area contributed by atoms with Crippen LogP contribution in [0.1, 0.15) is 18.7 Å². The van der Waals surface area contributed by atoms with Crippen LogP contribution < -0.4 is 5.32 Å². The lowest BCUT2D eigenvalue weighted by molar-refractivity contribution is 0.554. The normalized spacial score (nSPS) is 11.1. The third-order valence-electron chi connectivity index (χ3n) is 2.51. The molecule has 1 N–H and O–H groups in total. The number of halogens is 1. The van der Waals surface area contributed by atoms with E-state index in [1.54, 1.807) is 12.1 Å². The number of benzene rings is 1. The zero-order chi connectivity index (χ0) is 13.0. The molecule has 0 aliphatic rings. The maximum atomic E-state index is 13.6. The van der Waals surface area contributed by atoms with Gasteiger partial charge in [-0.15, -0.1) is 11.3 Å². The molecule has 0 saturated carbocycles. The number of nitrogens with zero attached hydrogens (tertiary/aromatic N) is 1. The van der Waals surface area contributed by atoms with Gasteiger partial charge in [0.1, 0.15) is 10.8 Å². The lowest BCUT2D eigenvalue weighted by Crippen LogP contribution is -2.18. The van der Waals surface area contributed by atoms with Gasteiger partial charge in [-0.3, -0.25) is 0 Å². The van der Waals surface area contributed by atoms with Gasteiger partial charge in [0.15, 0.2) is 0 Å². The molecule has 0 atom stereocenters. The van der Waals surface area contributed by atoms with Crippen LogP contribution in [0.4, 0.5) is 4.39 Å². The minimum atomic E-state index is -0.214. The van der Waals surface area contributed by atoms with Crippen LogP contribution in [0.3, 0.4) is 0 Å². The number of hydrogen-bond acceptors (Lipinski definition) is 3. The van der Waals surface area contributed by atoms with Crippen molar-refractivity contribution in [2.24, 2.45) is 5.92 Å². The van der Waals surface area contributed by atoms with Gasteiger partial charge >= 0.3 is 0 Å². The zero-order valence-electron chi connectivity index (χ0n) is 10.6.